The molecule has 1 saturated heterocycles. The highest BCUT2D eigenvalue weighted by Crippen LogP contribution is 2.32. The zero-order valence-electron chi connectivity index (χ0n) is 16.7. The number of methoxy groups -OCH3 is 1. The molecule has 0 radical (unpaired) electrons. The SMILES string of the molecule is COc1ccc(Cl)cc1NC(=O)C[C@@H]1SC(=Nc2ccc(C)c(C)c2)N(C)C1=O. The lowest BCUT2D eigenvalue weighted by Crippen LogP contribution is -2.30. The lowest BCUT2D eigenvalue weighted by atomic mass is 10.1. The molecule has 0 saturated carbocycles. The Morgan fingerprint density at radius 2 is 2.00 bits per heavy atom. The molecule has 1 atom stereocenters. The topological polar surface area (TPSA) is 71.0 Å². The summed E-state index contributed by atoms with van der Waals surface area (Å²) in [5, 5.41) is 3.30. The molecule has 152 valence electrons. The Morgan fingerprint density at radius 3 is 2.69 bits per heavy atom. The molecule has 6 nitrogen and oxygen atoms in total. The Morgan fingerprint density at radius 1 is 1.24 bits per heavy atom. The maximum atomic E-state index is 12.6. The van der Waals surface area contributed by atoms with Crippen molar-refractivity contribution >= 4 is 51.7 Å². The average Bonchev–Trinajstić information content (AvgIpc) is 2.92. The van der Waals surface area contributed by atoms with E-state index in [1.54, 1.807) is 25.2 Å². The molecule has 2 aromatic rings. The van der Waals surface area contributed by atoms with Gasteiger partial charge in [0.1, 0.15) is 11.0 Å². The molecule has 0 spiro atoms. The van der Waals surface area contributed by atoms with Gasteiger partial charge in [0, 0.05) is 18.5 Å². The van der Waals surface area contributed by atoms with E-state index in [1.165, 1.54) is 29.3 Å². The second-order valence-electron chi connectivity index (χ2n) is 6.76. The zero-order chi connectivity index (χ0) is 21.1. The van der Waals surface area contributed by atoms with Crippen molar-refractivity contribution in [1.29, 1.82) is 0 Å². The van der Waals surface area contributed by atoms with Crippen LogP contribution in [0, 0.1) is 13.8 Å². The van der Waals surface area contributed by atoms with E-state index in [-0.39, 0.29) is 18.2 Å². The van der Waals surface area contributed by atoms with Crippen LogP contribution in [0.3, 0.4) is 0 Å². The van der Waals surface area contributed by atoms with Gasteiger partial charge in [-0.2, -0.15) is 0 Å². The second-order valence-corrected chi connectivity index (χ2v) is 8.37. The third kappa shape index (κ3) is 4.92. The molecule has 3 rings (SSSR count). The minimum absolute atomic E-state index is 0.0233. The van der Waals surface area contributed by atoms with Crippen LogP contribution in [-0.4, -0.2) is 41.3 Å². The molecular formula is C21H22ClN3O3S. The van der Waals surface area contributed by atoms with Gasteiger partial charge in [0.05, 0.1) is 18.5 Å². The Hall–Kier alpha value is -2.51. The molecule has 1 fully saturated rings. The number of hydrogen-bond donors (Lipinski definition) is 1. The number of anilines is 1. The molecule has 29 heavy (non-hydrogen) atoms. The molecule has 1 aliphatic heterocycles. The van der Waals surface area contributed by atoms with Crippen LogP contribution in [0.5, 0.6) is 5.75 Å². The molecule has 2 amide bonds. The van der Waals surface area contributed by atoms with Gasteiger partial charge in [-0.1, -0.05) is 29.4 Å². The van der Waals surface area contributed by atoms with E-state index in [4.69, 9.17) is 16.3 Å². The van der Waals surface area contributed by atoms with Crippen LogP contribution < -0.4 is 10.1 Å². The number of aryl methyl sites for hydroxylation is 2. The van der Waals surface area contributed by atoms with Gasteiger partial charge in [-0.15, -0.1) is 0 Å². The van der Waals surface area contributed by atoms with Gasteiger partial charge >= 0.3 is 0 Å². The summed E-state index contributed by atoms with van der Waals surface area (Å²) in [6.07, 6.45) is 0.0233. The molecule has 0 bridgehead atoms. The van der Waals surface area contributed by atoms with Crippen molar-refractivity contribution < 1.29 is 14.3 Å². The maximum absolute atomic E-state index is 12.6. The van der Waals surface area contributed by atoms with Crippen molar-refractivity contribution in [2.24, 2.45) is 4.99 Å². The summed E-state index contributed by atoms with van der Waals surface area (Å²) in [5.41, 5.74) is 3.57. The number of halogens is 1. The number of thioether (sulfide) groups is 1. The van der Waals surface area contributed by atoms with Crippen molar-refractivity contribution in [3.8, 4) is 5.75 Å². The van der Waals surface area contributed by atoms with Gasteiger partial charge in [0.25, 0.3) is 0 Å². The van der Waals surface area contributed by atoms with E-state index in [9.17, 15) is 9.59 Å². The summed E-state index contributed by atoms with van der Waals surface area (Å²) < 4.78 is 5.24. The molecule has 1 N–H and O–H groups in total. The number of hydrogen-bond acceptors (Lipinski definition) is 5. The Kier molecular flexibility index (Phi) is 6.49. The van der Waals surface area contributed by atoms with Crippen molar-refractivity contribution in [2.45, 2.75) is 25.5 Å². The summed E-state index contributed by atoms with van der Waals surface area (Å²) >= 11 is 7.29. The number of benzene rings is 2. The Labute approximate surface area is 179 Å². The van der Waals surface area contributed by atoms with E-state index in [2.05, 4.69) is 10.3 Å². The minimum Gasteiger partial charge on any atom is -0.495 e. The highest BCUT2D eigenvalue weighted by Gasteiger charge is 2.37. The van der Waals surface area contributed by atoms with Crippen LogP contribution in [-0.2, 0) is 9.59 Å². The number of ether oxygens (including phenoxy) is 1. The quantitative estimate of drug-likeness (QED) is 0.753. The predicted molar refractivity (Wildman–Crippen MR) is 118 cm³/mol. The second kappa shape index (κ2) is 8.88. The molecule has 1 aliphatic rings. The first kappa shape index (κ1) is 21.2. The van der Waals surface area contributed by atoms with Gasteiger partial charge in [0.2, 0.25) is 11.8 Å². The van der Waals surface area contributed by atoms with Gasteiger partial charge in [-0.25, -0.2) is 4.99 Å². The number of nitrogens with one attached hydrogen (secondary N) is 1. The van der Waals surface area contributed by atoms with Crippen LogP contribution in [0.2, 0.25) is 5.02 Å². The van der Waals surface area contributed by atoms with Crippen LogP contribution in [0.4, 0.5) is 11.4 Å². The van der Waals surface area contributed by atoms with Crippen molar-refractivity contribution in [3.63, 3.8) is 0 Å². The fourth-order valence-electron chi connectivity index (χ4n) is 2.85. The zero-order valence-corrected chi connectivity index (χ0v) is 18.2. The number of carbonyl (C=O) groups is 2. The first-order chi connectivity index (χ1) is 13.8. The fraction of sp³-hybridized carbons (Fsp3) is 0.286. The van der Waals surface area contributed by atoms with E-state index >= 15 is 0 Å². The minimum atomic E-state index is -0.532. The average molecular weight is 432 g/mol. The smallest absolute Gasteiger partial charge is 0.242 e. The number of nitrogens with zero attached hydrogens (tertiary/aromatic N) is 2. The maximum Gasteiger partial charge on any atom is 0.242 e. The number of carbonyl (C=O) groups excluding carboxylic acids is 2. The monoisotopic (exact) mass is 431 g/mol. The highest BCUT2D eigenvalue weighted by molar-refractivity contribution is 8.15. The Balaban J connectivity index is 1.71. The van der Waals surface area contributed by atoms with E-state index in [0.29, 0.717) is 21.6 Å². The van der Waals surface area contributed by atoms with Crippen molar-refractivity contribution in [3.05, 3.63) is 52.5 Å². The number of aliphatic imine (C=N–C) groups is 1. The largest absolute Gasteiger partial charge is 0.495 e. The third-order valence-electron chi connectivity index (χ3n) is 4.66. The lowest BCUT2D eigenvalue weighted by molar-refractivity contribution is -0.127. The van der Waals surface area contributed by atoms with Crippen LogP contribution >= 0.6 is 23.4 Å². The van der Waals surface area contributed by atoms with Crippen LogP contribution in [0.1, 0.15) is 17.5 Å². The third-order valence-corrected chi connectivity index (χ3v) is 6.13. The molecule has 0 aromatic heterocycles. The Bertz CT molecular complexity index is 993. The van der Waals surface area contributed by atoms with Crippen molar-refractivity contribution in [1.82, 2.24) is 4.90 Å². The summed E-state index contributed by atoms with van der Waals surface area (Å²) in [6.45, 7) is 4.06. The normalized spacial score (nSPS) is 17.7. The fourth-order valence-corrected chi connectivity index (χ4v) is 4.18. The lowest BCUT2D eigenvalue weighted by Gasteiger charge is -2.12. The molecule has 2 aromatic carbocycles. The standard InChI is InChI=1S/C21H22ClN3O3S/c1-12-5-7-15(9-13(12)2)23-21-25(3)20(27)18(29-21)11-19(26)24-16-10-14(22)6-8-17(16)28-4/h5-10,18H,11H2,1-4H3,(H,24,26)/t18-/m0/s1. The number of rotatable bonds is 5. The summed E-state index contributed by atoms with van der Waals surface area (Å²) in [7, 11) is 3.19. The van der Waals surface area contributed by atoms with E-state index < -0.39 is 5.25 Å². The first-order valence-corrected chi connectivity index (χ1v) is 10.3. The van der Waals surface area contributed by atoms with Crippen molar-refractivity contribution in [2.75, 3.05) is 19.5 Å². The van der Waals surface area contributed by atoms with Gasteiger partial charge in [-0.05, 0) is 55.3 Å². The number of amides is 2. The molecule has 1 heterocycles. The molecule has 0 aliphatic carbocycles. The first-order valence-electron chi connectivity index (χ1n) is 9.02. The van der Waals surface area contributed by atoms with Gasteiger partial charge in [-0.3, -0.25) is 14.5 Å². The van der Waals surface area contributed by atoms with E-state index in [0.717, 1.165) is 11.3 Å². The summed E-state index contributed by atoms with van der Waals surface area (Å²) in [5.74, 6) is 0.0605. The van der Waals surface area contributed by atoms with Crippen LogP contribution in [0.25, 0.3) is 0 Å². The van der Waals surface area contributed by atoms with Gasteiger partial charge in [0.15, 0.2) is 5.17 Å². The molecular weight excluding hydrogens is 410 g/mol. The predicted octanol–water partition coefficient (Wildman–Crippen LogP) is 4.56. The molecule has 8 heteroatoms. The summed E-state index contributed by atoms with van der Waals surface area (Å²) in [6, 6.07) is 10.9. The van der Waals surface area contributed by atoms with Gasteiger partial charge < -0.3 is 10.1 Å². The van der Waals surface area contributed by atoms with Crippen LogP contribution in [0.15, 0.2) is 41.4 Å². The van der Waals surface area contributed by atoms with E-state index in [1.807, 2.05) is 32.0 Å². The summed E-state index contributed by atoms with van der Waals surface area (Å²) in [4.78, 5) is 31.2. The number of amidine groups is 1. The highest BCUT2D eigenvalue weighted by atomic mass is 35.5. The molecule has 0 unspecified atom stereocenters.